The van der Waals surface area contributed by atoms with Crippen LogP contribution in [0.5, 0.6) is 0 Å². The summed E-state index contributed by atoms with van der Waals surface area (Å²) in [5, 5.41) is 10.7. The third-order valence-electron chi connectivity index (χ3n) is 4.30. The molecule has 0 aliphatic carbocycles. The Morgan fingerprint density at radius 3 is 2.71 bits per heavy atom. The normalized spacial score (nSPS) is 18.7. The molecule has 1 saturated heterocycles. The van der Waals surface area contributed by atoms with E-state index in [4.69, 9.17) is 4.42 Å². The van der Waals surface area contributed by atoms with Crippen LogP contribution in [0.1, 0.15) is 30.7 Å². The molecule has 0 saturated carbocycles. The van der Waals surface area contributed by atoms with Gasteiger partial charge in [-0.2, -0.15) is 0 Å². The van der Waals surface area contributed by atoms with Crippen LogP contribution in [-0.2, 0) is 12.0 Å². The average Bonchev–Trinajstić information content (AvgIpc) is 3.04. The predicted molar refractivity (Wildman–Crippen MR) is 80.8 cm³/mol. The van der Waals surface area contributed by atoms with Gasteiger partial charge in [-0.05, 0) is 50.1 Å². The molecule has 0 spiro atoms. The van der Waals surface area contributed by atoms with Crippen LogP contribution >= 0.6 is 0 Å². The summed E-state index contributed by atoms with van der Waals surface area (Å²) in [6.45, 7) is 2.90. The summed E-state index contributed by atoms with van der Waals surface area (Å²) in [5.74, 6) is 1.05. The molecule has 1 fully saturated rings. The number of aryl methyl sites for hydroxylation is 1. The number of hydrogen-bond donors (Lipinski definition) is 1. The van der Waals surface area contributed by atoms with Crippen LogP contribution in [0.2, 0.25) is 0 Å². The molecule has 4 heteroatoms. The number of hydrogen-bond acceptors (Lipinski definition) is 4. The second-order valence-corrected chi connectivity index (χ2v) is 5.77. The van der Waals surface area contributed by atoms with E-state index in [0.29, 0.717) is 0 Å². The third kappa shape index (κ3) is 3.52. The van der Waals surface area contributed by atoms with Crippen LogP contribution in [0, 0.1) is 0 Å². The fraction of sp³-hybridized carbons (Fsp3) is 0.471. The van der Waals surface area contributed by atoms with Gasteiger partial charge in [0.15, 0.2) is 0 Å². The molecule has 3 heterocycles. The number of aromatic nitrogens is 1. The van der Waals surface area contributed by atoms with Crippen molar-refractivity contribution in [3.63, 3.8) is 0 Å². The fourth-order valence-electron chi connectivity index (χ4n) is 2.97. The summed E-state index contributed by atoms with van der Waals surface area (Å²) in [5.41, 5.74) is 0.0546. The van der Waals surface area contributed by atoms with Crippen LogP contribution in [0.4, 0.5) is 0 Å². The summed E-state index contributed by atoms with van der Waals surface area (Å²) in [7, 11) is 0. The molecule has 3 rings (SSSR count). The van der Waals surface area contributed by atoms with Crippen molar-refractivity contribution in [3.8, 4) is 0 Å². The topological polar surface area (TPSA) is 49.5 Å². The molecule has 0 radical (unpaired) electrons. The molecule has 2 aromatic heterocycles. The van der Waals surface area contributed by atoms with E-state index in [1.807, 2.05) is 30.3 Å². The maximum Gasteiger partial charge on any atom is 0.109 e. The van der Waals surface area contributed by atoms with Crippen molar-refractivity contribution in [2.24, 2.45) is 0 Å². The second-order valence-electron chi connectivity index (χ2n) is 5.77. The van der Waals surface area contributed by atoms with Gasteiger partial charge in [0.1, 0.15) is 11.4 Å². The molecule has 21 heavy (non-hydrogen) atoms. The minimum Gasteiger partial charge on any atom is -0.469 e. The van der Waals surface area contributed by atoms with Crippen LogP contribution in [0.3, 0.4) is 0 Å². The molecule has 1 aliphatic rings. The molecule has 1 aliphatic heterocycles. The van der Waals surface area contributed by atoms with Gasteiger partial charge >= 0.3 is 0 Å². The summed E-state index contributed by atoms with van der Waals surface area (Å²) >= 11 is 0. The highest BCUT2D eigenvalue weighted by Gasteiger charge is 2.34. The minimum atomic E-state index is -0.751. The van der Waals surface area contributed by atoms with E-state index in [-0.39, 0.29) is 0 Å². The molecule has 2 aromatic rings. The van der Waals surface area contributed by atoms with E-state index in [9.17, 15) is 5.11 Å². The molecule has 4 nitrogen and oxygen atoms in total. The van der Waals surface area contributed by atoms with Gasteiger partial charge in [-0.15, -0.1) is 0 Å². The van der Waals surface area contributed by atoms with E-state index in [1.54, 1.807) is 12.5 Å². The summed E-state index contributed by atoms with van der Waals surface area (Å²) in [4.78, 5) is 6.73. The zero-order chi connectivity index (χ0) is 14.5. The van der Waals surface area contributed by atoms with Gasteiger partial charge < -0.3 is 14.4 Å². The lowest BCUT2D eigenvalue weighted by Crippen LogP contribution is -2.43. The van der Waals surface area contributed by atoms with Crippen molar-refractivity contribution < 1.29 is 9.52 Å². The Balaban J connectivity index is 1.46. The smallest absolute Gasteiger partial charge is 0.109 e. The quantitative estimate of drug-likeness (QED) is 0.918. The summed E-state index contributed by atoms with van der Waals surface area (Å²) in [6.07, 6.45) is 7.06. The molecule has 112 valence electrons. The second kappa shape index (κ2) is 6.41. The Morgan fingerprint density at radius 1 is 1.19 bits per heavy atom. The Bertz CT molecular complexity index is 531. The predicted octanol–water partition coefficient (Wildman–Crippen LogP) is 2.59. The van der Waals surface area contributed by atoms with Crippen LogP contribution in [0.15, 0.2) is 47.2 Å². The van der Waals surface area contributed by atoms with Crippen molar-refractivity contribution in [1.82, 2.24) is 9.88 Å². The first-order valence-corrected chi connectivity index (χ1v) is 7.65. The summed E-state index contributed by atoms with van der Waals surface area (Å²) in [6, 6.07) is 9.71. The van der Waals surface area contributed by atoms with Gasteiger partial charge in [0.2, 0.25) is 0 Å². The van der Waals surface area contributed by atoms with Gasteiger partial charge in [-0.1, -0.05) is 6.07 Å². The largest absolute Gasteiger partial charge is 0.469 e. The maximum atomic E-state index is 10.7. The standard InChI is InChI=1S/C17H22N2O2/c20-17(16-7-1-2-10-18-16)8-12-19(13-9-17)11-3-5-15-6-4-14-21-15/h1-2,4,6-7,10,14,20H,3,5,8-9,11-13H2. The van der Waals surface area contributed by atoms with Crippen LogP contribution < -0.4 is 0 Å². The number of nitrogens with zero attached hydrogens (tertiary/aromatic N) is 2. The first kappa shape index (κ1) is 14.3. The molecule has 0 atom stereocenters. The van der Waals surface area contributed by atoms with E-state index in [1.165, 1.54) is 0 Å². The Labute approximate surface area is 125 Å². The molecule has 0 amide bonds. The highest BCUT2D eigenvalue weighted by molar-refractivity contribution is 5.14. The molecule has 1 N–H and O–H groups in total. The SMILES string of the molecule is OC1(c2ccccn2)CCN(CCCc2ccco2)CC1. The number of piperidine rings is 1. The van der Waals surface area contributed by atoms with E-state index in [2.05, 4.69) is 9.88 Å². The van der Waals surface area contributed by atoms with Gasteiger partial charge in [0.25, 0.3) is 0 Å². The maximum absolute atomic E-state index is 10.7. The molecule has 0 unspecified atom stereocenters. The highest BCUT2D eigenvalue weighted by Crippen LogP contribution is 2.31. The van der Waals surface area contributed by atoms with E-state index in [0.717, 1.165) is 56.8 Å². The monoisotopic (exact) mass is 286 g/mol. The fourth-order valence-corrected chi connectivity index (χ4v) is 2.97. The zero-order valence-electron chi connectivity index (χ0n) is 12.2. The number of rotatable bonds is 5. The number of aliphatic hydroxyl groups is 1. The Hall–Kier alpha value is -1.65. The van der Waals surface area contributed by atoms with E-state index < -0.39 is 5.60 Å². The third-order valence-corrected chi connectivity index (χ3v) is 4.30. The first-order chi connectivity index (χ1) is 10.3. The number of pyridine rings is 1. The molecule has 0 bridgehead atoms. The van der Waals surface area contributed by atoms with Crippen molar-refractivity contribution in [2.45, 2.75) is 31.3 Å². The van der Waals surface area contributed by atoms with Gasteiger partial charge in [0.05, 0.1) is 12.0 Å². The lowest BCUT2D eigenvalue weighted by atomic mass is 9.87. The number of likely N-dealkylation sites (tertiary alicyclic amines) is 1. The summed E-state index contributed by atoms with van der Waals surface area (Å²) < 4.78 is 5.35. The van der Waals surface area contributed by atoms with Crippen molar-refractivity contribution in [2.75, 3.05) is 19.6 Å². The van der Waals surface area contributed by atoms with Crippen molar-refractivity contribution >= 4 is 0 Å². The van der Waals surface area contributed by atoms with Gasteiger partial charge in [-0.25, -0.2) is 0 Å². The van der Waals surface area contributed by atoms with Crippen molar-refractivity contribution in [3.05, 3.63) is 54.2 Å². The Kier molecular flexibility index (Phi) is 4.36. The van der Waals surface area contributed by atoms with Crippen LogP contribution in [-0.4, -0.2) is 34.6 Å². The molecular weight excluding hydrogens is 264 g/mol. The Morgan fingerprint density at radius 2 is 2.05 bits per heavy atom. The average molecular weight is 286 g/mol. The lowest BCUT2D eigenvalue weighted by Gasteiger charge is -2.37. The van der Waals surface area contributed by atoms with Crippen molar-refractivity contribution in [1.29, 1.82) is 0 Å². The first-order valence-electron chi connectivity index (χ1n) is 7.65. The molecular formula is C17H22N2O2. The zero-order valence-corrected chi connectivity index (χ0v) is 12.2. The minimum absolute atomic E-state index is 0.751. The van der Waals surface area contributed by atoms with E-state index >= 15 is 0 Å². The van der Waals surface area contributed by atoms with Gasteiger partial charge in [0, 0.05) is 25.7 Å². The highest BCUT2D eigenvalue weighted by atomic mass is 16.3. The number of furan rings is 1. The van der Waals surface area contributed by atoms with Gasteiger partial charge in [-0.3, -0.25) is 4.98 Å². The lowest BCUT2D eigenvalue weighted by molar-refractivity contribution is -0.0294. The molecule has 0 aromatic carbocycles. The van der Waals surface area contributed by atoms with Crippen LogP contribution in [0.25, 0.3) is 0 Å².